The van der Waals surface area contributed by atoms with Crippen LogP contribution in [0, 0.1) is 5.92 Å². The van der Waals surface area contributed by atoms with Gasteiger partial charge in [0, 0.05) is 28.4 Å². The third-order valence-electron chi connectivity index (χ3n) is 5.36. The lowest BCUT2D eigenvalue weighted by molar-refractivity contribution is 0.0813. The van der Waals surface area contributed by atoms with Crippen LogP contribution in [0.2, 0.25) is 5.02 Å². The Morgan fingerprint density at radius 1 is 1.17 bits per heavy atom. The van der Waals surface area contributed by atoms with Crippen LogP contribution >= 0.6 is 23.1 Å². The van der Waals surface area contributed by atoms with Crippen LogP contribution in [0.5, 0.6) is 0 Å². The summed E-state index contributed by atoms with van der Waals surface area (Å²) in [6.45, 7) is 2.59. The number of Topliss-reactive ketones (excluding diaryl/α,β-unsaturated/α-hetero) is 1. The van der Waals surface area contributed by atoms with Crippen LogP contribution in [0.4, 0.5) is 10.5 Å². The van der Waals surface area contributed by atoms with E-state index in [4.69, 9.17) is 16.3 Å². The molecule has 1 saturated heterocycles. The SMILES string of the molecule is O=C(Nc1cccc2sncc12)OCCN1CCC(C(=O)c2ccc(Cl)cc2)CC1. The largest absolute Gasteiger partial charge is 0.448 e. The number of nitrogens with zero attached hydrogens (tertiary/aromatic N) is 2. The third-order valence-corrected chi connectivity index (χ3v) is 6.38. The number of ketones is 1. The minimum atomic E-state index is -0.471. The number of anilines is 1. The Hall–Kier alpha value is -2.48. The lowest BCUT2D eigenvalue weighted by Crippen LogP contribution is -2.38. The van der Waals surface area contributed by atoms with E-state index in [0.29, 0.717) is 29.4 Å². The molecule has 1 N–H and O–H groups in total. The number of fused-ring (bicyclic) bond motifs is 1. The average molecular weight is 444 g/mol. The van der Waals surface area contributed by atoms with Gasteiger partial charge >= 0.3 is 6.09 Å². The van der Waals surface area contributed by atoms with Crippen molar-refractivity contribution >= 4 is 50.8 Å². The summed E-state index contributed by atoms with van der Waals surface area (Å²) in [6.07, 6.45) is 2.88. The summed E-state index contributed by atoms with van der Waals surface area (Å²) < 4.78 is 10.5. The smallest absolute Gasteiger partial charge is 0.411 e. The van der Waals surface area contributed by atoms with E-state index in [0.717, 1.165) is 36.0 Å². The van der Waals surface area contributed by atoms with Gasteiger partial charge in [0.05, 0.1) is 16.6 Å². The summed E-state index contributed by atoms with van der Waals surface area (Å²) in [5.74, 6) is 0.213. The van der Waals surface area contributed by atoms with Gasteiger partial charge in [0.15, 0.2) is 5.78 Å². The molecule has 4 rings (SSSR count). The van der Waals surface area contributed by atoms with E-state index in [2.05, 4.69) is 14.6 Å². The molecule has 1 aliphatic heterocycles. The zero-order valence-corrected chi connectivity index (χ0v) is 17.9. The van der Waals surface area contributed by atoms with Crippen molar-refractivity contribution in [3.05, 3.63) is 59.2 Å². The number of hydrogen-bond donors (Lipinski definition) is 1. The molecule has 0 spiro atoms. The van der Waals surface area contributed by atoms with E-state index in [9.17, 15) is 9.59 Å². The van der Waals surface area contributed by atoms with Crippen molar-refractivity contribution in [3.8, 4) is 0 Å². The minimum absolute atomic E-state index is 0.0337. The van der Waals surface area contributed by atoms with Gasteiger partial charge in [0.1, 0.15) is 6.61 Å². The van der Waals surface area contributed by atoms with Gasteiger partial charge < -0.3 is 4.74 Å². The molecule has 2 heterocycles. The molecule has 2 aromatic carbocycles. The van der Waals surface area contributed by atoms with E-state index in [1.807, 2.05) is 18.2 Å². The molecule has 0 saturated carbocycles. The molecule has 1 amide bonds. The van der Waals surface area contributed by atoms with Crippen LogP contribution in [-0.2, 0) is 4.74 Å². The van der Waals surface area contributed by atoms with Gasteiger partial charge in [-0.05, 0) is 73.9 Å². The third kappa shape index (κ3) is 4.98. The molecule has 3 aromatic rings. The molecule has 156 valence electrons. The Morgan fingerprint density at radius 3 is 2.70 bits per heavy atom. The van der Waals surface area contributed by atoms with Gasteiger partial charge in [0.25, 0.3) is 0 Å². The number of piperidine rings is 1. The van der Waals surface area contributed by atoms with Crippen molar-refractivity contribution in [1.29, 1.82) is 0 Å². The van der Waals surface area contributed by atoms with E-state index in [1.165, 1.54) is 11.5 Å². The fourth-order valence-electron chi connectivity index (χ4n) is 3.68. The van der Waals surface area contributed by atoms with Crippen molar-refractivity contribution < 1.29 is 14.3 Å². The first-order valence-corrected chi connectivity index (χ1v) is 11.0. The van der Waals surface area contributed by atoms with E-state index < -0.39 is 6.09 Å². The quantitative estimate of drug-likeness (QED) is 0.537. The van der Waals surface area contributed by atoms with Crippen LogP contribution in [-0.4, -0.2) is 47.4 Å². The standard InChI is InChI=1S/C22H22ClN3O3S/c23-17-6-4-15(5-7-17)21(27)16-8-10-26(11-9-16)12-13-29-22(28)25-19-2-1-3-20-18(19)14-24-30-20/h1-7,14,16H,8-13H2,(H,25,28). The summed E-state index contributed by atoms with van der Waals surface area (Å²) in [5, 5.41) is 4.33. The normalized spacial score (nSPS) is 15.2. The number of rotatable bonds is 6. The van der Waals surface area contributed by atoms with E-state index in [-0.39, 0.29) is 11.7 Å². The molecule has 0 bridgehead atoms. The number of benzene rings is 2. The Morgan fingerprint density at radius 2 is 1.93 bits per heavy atom. The maximum atomic E-state index is 12.6. The lowest BCUT2D eigenvalue weighted by atomic mass is 9.89. The molecule has 0 atom stereocenters. The molecular formula is C22H22ClN3O3S. The molecular weight excluding hydrogens is 422 g/mol. The summed E-state index contributed by atoms with van der Waals surface area (Å²) >= 11 is 7.28. The second-order valence-corrected chi connectivity index (χ2v) is 8.56. The van der Waals surface area contributed by atoms with Crippen LogP contribution in [0.15, 0.2) is 48.7 Å². The number of hydrogen-bond acceptors (Lipinski definition) is 6. The highest BCUT2D eigenvalue weighted by Crippen LogP contribution is 2.26. The van der Waals surface area contributed by atoms with Gasteiger partial charge in [-0.25, -0.2) is 4.79 Å². The molecule has 30 heavy (non-hydrogen) atoms. The predicted molar refractivity (Wildman–Crippen MR) is 120 cm³/mol. The van der Waals surface area contributed by atoms with Gasteiger partial charge in [-0.2, -0.15) is 4.37 Å². The number of aromatic nitrogens is 1. The molecule has 1 aromatic heterocycles. The van der Waals surface area contributed by atoms with E-state index in [1.54, 1.807) is 30.5 Å². The molecule has 8 heteroatoms. The first-order valence-electron chi connectivity index (χ1n) is 9.89. The fraction of sp³-hybridized carbons (Fsp3) is 0.318. The number of amides is 1. The van der Waals surface area contributed by atoms with Gasteiger partial charge in [-0.15, -0.1) is 0 Å². The number of likely N-dealkylation sites (tertiary alicyclic amines) is 1. The summed E-state index contributed by atoms with van der Waals surface area (Å²) in [5.41, 5.74) is 1.42. The predicted octanol–water partition coefficient (Wildman–Crippen LogP) is 5.09. The Bertz CT molecular complexity index is 1030. The highest BCUT2D eigenvalue weighted by atomic mass is 35.5. The summed E-state index contributed by atoms with van der Waals surface area (Å²) in [7, 11) is 0. The Labute approximate surface area is 183 Å². The van der Waals surface area contributed by atoms with Crippen molar-refractivity contribution in [3.63, 3.8) is 0 Å². The van der Waals surface area contributed by atoms with Crippen LogP contribution in [0.25, 0.3) is 10.1 Å². The first-order chi connectivity index (χ1) is 14.6. The van der Waals surface area contributed by atoms with Gasteiger partial charge in [-0.1, -0.05) is 17.7 Å². The molecule has 0 aliphatic carbocycles. The van der Waals surface area contributed by atoms with Crippen LogP contribution < -0.4 is 5.32 Å². The molecule has 1 aliphatic rings. The van der Waals surface area contributed by atoms with Crippen molar-refractivity contribution in [2.75, 3.05) is 31.6 Å². The van der Waals surface area contributed by atoms with Crippen molar-refractivity contribution in [2.24, 2.45) is 5.92 Å². The van der Waals surface area contributed by atoms with Gasteiger partial charge in [0.2, 0.25) is 0 Å². The highest BCUT2D eigenvalue weighted by molar-refractivity contribution is 7.13. The van der Waals surface area contributed by atoms with Crippen LogP contribution in [0.3, 0.4) is 0 Å². The molecule has 6 nitrogen and oxygen atoms in total. The number of halogens is 1. The Kier molecular flexibility index (Phi) is 6.62. The van der Waals surface area contributed by atoms with Crippen molar-refractivity contribution in [1.82, 2.24) is 9.27 Å². The zero-order valence-electron chi connectivity index (χ0n) is 16.3. The highest BCUT2D eigenvalue weighted by Gasteiger charge is 2.25. The lowest BCUT2D eigenvalue weighted by Gasteiger charge is -2.31. The number of carbonyl (C=O) groups excluding carboxylic acids is 2. The zero-order chi connectivity index (χ0) is 20.9. The monoisotopic (exact) mass is 443 g/mol. The average Bonchev–Trinajstić information content (AvgIpc) is 3.24. The maximum Gasteiger partial charge on any atom is 0.411 e. The Balaban J connectivity index is 1.19. The van der Waals surface area contributed by atoms with E-state index >= 15 is 0 Å². The van der Waals surface area contributed by atoms with Gasteiger partial charge in [-0.3, -0.25) is 15.0 Å². The summed E-state index contributed by atoms with van der Waals surface area (Å²) in [4.78, 5) is 27.0. The second kappa shape index (κ2) is 9.55. The van der Waals surface area contributed by atoms with Crippen LogP contribution in [0.1, 0.15) is 23.2 Å². The number of ether oxygens (including phenoxy) is 1. The molecule has 0 radical (unpaired) electrons. The summed E-state index contributed by atoms with van der Waals surface area (Å²) in [6, 6.07) is 12.8. The minimum Gasteiger partial charge on any atom is -0.448 e. The molecule has 1 fully saturated rings. The topological polar surface area (TPSA) is 71.5 Å². The van der Waals surface area contributed by atoms with Crippen molar-refractivity contribution in [2.45, 2.75) is 12.8 Å². The maximum absolute atomic E-state index is 12.6. The fourth-order valence-corrected chi connectivity index (χ4v) is 4.48. The number of nitrogens with one attached hydrogen (secondary N) is 1. The molecule has 0 unspecified atom stereocenters. The second-order valence-electron chi connectivity index (χ2n) is 7.29. The first kappa shape index (κ1) is 20.8. The number of carbonyl (C=O) groups is 2.